The van der Waals surface area contributed by atoms with Crippen molar-refractivity contribution in [1.82, 2.24) is 4.90 Å². The standard InChI is InChI=1S/C16H20N2O3/c1-5-10-18(11-14(19)20)15(21)17-13-9-7-6-8-12(13)16(2,3)4/h1,6-9H,10-11H2,2-4H3,(H,17,21)(H,19,20). The lowest BCUT2D eigenvalue weighted by Crippen LogP contribution is -2.39. The van der Waals surface area contributed by atoms with E-state index in [-0.39, 0.29) is 12.0 Å². The fraction of sp³-hybridized carbons (Fsp3) is 0.375. The molecule has 0 atom stereocenters. The molecule has 21 heavy (non-hydrogen) atoms. The molecule has 2 N–H and O–H groups in total. The first kappa shape index (κ1) is 16.6. The molecule has 5 heteroatoms. The van der Waals surface area contributed by atoms with Crippen molar-refractivity contribution in [3.8, 4) is 12.3 Å². The van der Waals surface area contributed by atoms with E-state index in [0.717, 1.165) is 10.5 Å². The normalized spacial score (nSPS) is 10.6. The largest absolute Gasteiger partial charge is 0.480 e. The summed E-state index contributed by atoms with van der Waals surface area (Å²) in [6.45, 7) is 5.61. The van der Waals surface area contributed by atoms with Crippen molar-refractivity contribution in [1.29, 1.82) is 0 Å². The number of nitrogens with one attached hydrogen (secondary N) is 1. The summed E-state index contributed by atoms with van der Waals surface area (Å²) in [6, 6.07) is 6.90. The number of carboxylic acids is 1. The minimum Gasteiger partial charge on any atom is -0.480 e. The Morgan fingerprint density at radius 2 is 1.95 bits per heavy atom. The van der Waals surface area contributed by atoms with Gasteiger partial charge in [0.25, 0.3) is 0 Å². The summed E-state index contributed by atoms with van der Waals surface area (Å²) >= 11 is 0. The molecule has 2 amide bonds. The maximum Gasteiger partial charge on any atom is 0.323 e. The number of hydrogen-bond donors (Lipinski definition) is 2. The molecular weight excluding hydrogens is 268 g/mol. The highest BCUT2D eigenvalue weighted by molar-refractivity contribution is 5.92. The van der Waals surface area contributed by atoms with Crippen molar-refractivity contribution in [2.75, 3.05) is 18.4 Å². The first-order valence-corrected chi connectivity index (χ1v) is 6.56. The summed E-state index contributed by atoms with van der Waals surface area (Å²) in [6.07, 6.45) is 5.17. The predicted molar refractivity (Wildman–Crippen MR) is 82.2 cm³/mol. The topological polar surface area (TPSA) is 69.6 Å². The number of anilines is 1. The second kappa shape index (κ2) is 6.80. The van der Waals surface area contributed by atoms with Crippen LogP contribution >= 0.6 is 0 Å². The van der Waals surface area contributed by atoms with E-state index < -0.39 is 18.5 Å². The predicted octanol–water partition coefficient (Wildman–Crippen LogP) is 2.54. The van der Waals surface area contributed by atoms with Gasteiger partial charge in [-0.2, -0.15) is 0 Å². The van der Waals surface area contributed by atoms with E-state index in [1.165, 1.54) is 0 Å². The Morgan fingerprint density at radius 3 is 2.48 bits per heavy atom. The van der Waals surface area contributed by atoms with Gasteiger partial charge < -0.3 is 15.3 Å². The fourth-order valence-corrected chi connectivity index (χ4v) is 1.91. The molecule has 0 aliphatic carbocycles. The van der Waals surface area contributed by atoms with Gasteiger partial charge in [0.1, 0.15) is 6.54 Å². The number of carbonyl (C=O) groups excluding carboxylic acids is 1. The maximum atomic E-state index is 12.2. The van der Waals surface area contributed by atoms with Crippen molar-refractivity contribution in [3.63, 3.8) is 0 Å². The quantitative estimate of drug-likeness (QED) is 0.836. The molecule has 0 aliphatic rings. The van der Waals surface area contributed by atoms with E-state index in [9.17, 15) is 9.59 Å². The number of aliphatic carboxylic acids is 1. The van der Waals surface area contributed by atoms with Gasteiger partial charge in [0.15, 0.2) is 0 Å². The summed E-state index contributed by atoms with van der Waals surface area (Å²) in [5.41, 5.74) is 1.48. The van der Waals surface area contributed by atoms with Crippen LogP contribution in [0, 0.1) is 12.3 Å². The minimum atomic E-state index is -1.11. The molecule has 0 spiro atoms. The summed E-state index contributed by atoms with van der Waals surface area (Å²) in [4.78, 5) is 24.0. The Morgan fingerprint density at radius 1 is 1.33 bits per heavy atom. The lowest BCUT2D eigenvalue weighted by Gasteiger charge is -2.25. The fourth-order valence-electron chi connectivity index (χ4n) is 1.91. The Balaban J connectivity index is 2.97. The first-order valence-electron chi connectivity index (χ1n) is 6.56. The number of carbonyl (C=O) groups is 2. The van der Waals surface area contributed by atoms with Gasteiger partial charge in [-0.1, -0.05) is 44.9 Å². The molecule has 0 aromatic heterocycles. The van der Waals surface area contributed by atoms with Gasteiger partial charge in [-0.05, 0) is 17.0 Å². The molecule has 112 valence electrons. The lowest BCUT2D eigenvalue weighted by molar-refractivity contribution is -0.137. The van der Waals surface area contributed by atoms with Crippen LogP contribution in [0.4, 0.5) is 10.5 Å². The number of para-hydroxylation sites is 1. The van der Waals surface area contributed by atoms with Gasteiger partial charge in [0.2, 0.25) is 0 Å². The Kier molecular flexibility index (Phi) is 5.37. The minimum absolute atomic E-state index is 0.0597. The van der Waals surface area contributed by atoms with E-state index >= 15 is 0 Å². The third-order valence-electron chi connectivity index (χ3n) is 2.87. The van der Waals surface area contributed by atoms with Crippen molar-refractivity contribution in [2.45, 2.75) is 26.2 Å². The maximum absolute atomic E-state index is 12.2. The molecule has 1 aromatic rings. The third-order valence-corrected chi connectivity index (χ3v) is 2.87. The molecule has 0 radical (unpaired) electrons. The van der Waals surface area contributed by atoms with Crippen LogP contribution in [0.2, 0.25) is 0 Å². The highest BCUT2D eigenvalue weighted by Gasteiger charge is 2.21. The van der Waals surface area contributed by atoms with Crippen LogP contribution in [0.25, 0.3) is 0 Å². The van der Waals surface area contributed by atoms with E-state index in [2.05, 4.69) is 11.2 Å². The van der Waals surface area contributed by atoms with E-state index in [4.69, 9.17) is 11.5 Å². The zero-order valence-electron chi connectivity index (χ0n) is 12.5. The zero-order valence-corrected chi connectivity index (χ0v) is 12.5. The molecule has 0 saturated heterocycles. The summed E-state index contributed by atoms with van der Waals surface area (Å²) in [5, 5.41) is 11.6. The second-order valence-electron chi connectivity index (χ2n) is 5.68. The van der Waals surface area contributed by atoms with Gasteiger partial charge in [0, 0.05) is 5.69 Å². The lowest BCUT2D eigenvalue weighted by atomic mass is 9.86. The van der Waals surface area contributed by atoms with E-state index in [1.54, 1.807) is 6.07 Å². The van der Waals surface area contributed by atoms with Crippen molar-refractivity contribution in [2.24, 2.45) is 0 Å². The van der Waals surface area contributed by atoms with Crippen LogP contribution in [-0.4, -0.2) is 35.1 Å². The van der Waals surface area contributed by atoms with Crippen LogP contribution < -0.4 is 5.32 Å². The van der Waals surface area contributed by atoms with Gasteiger partial charge >= 0.3 is 12.0 Å². The summed E-state index contributed by atoms with van der Waals surface area (Å²) < 4.78 is 0. The molecule has 5 nitrogen and oxygen atoms in total. The third kappa shape index (κ3) is 4.84. The summed E-state index contributed by atoms with van der Waals surface area (Å²) in [7, 11) is 0. The number of carboxylic acid groups (broad SMARTS) is 1. The van der Waals surface area contributed by atoms with Gasteiger partial charge in [0.05, 0.1) is 6.54 Å². The molecule has 1 aromatic carbocycles. The average molecular weight is 288 g/mol. The van der Waals surface area contributed by atoms with Crippen molar-refractivity contribution >= 4 is 17.7 Å². The smallest absolute Gasteiger partial charge is 0.323 e. The first-order chi connectivity index (χ1) is 9.75. The van der Waals surface area contributed by atoms with Crippen molar-refractivity contribution in [3.05, 3.63) is 29.8 Å². The van der Waals surface area contributed by atoms with Gasteiger partial charge in [-0.15, -0.1) is 6.42 Å². The average Bonchev–Trinajstić information content (AvgIpc) is 2.37. The molecule has 0 unspecified atom stereocenters. The van der Waals surface area contributed by atoms with E-state index in [1.807, 2.05) is 39.0 Å². The monoisotopic (exact) mass is 288 g/mol. The van der Waals surface area contributed by atoms with Crippen LogP contribution in [0.1, 0.15) is 26.3 Å². The number of urea groups is 1. The number of terminal acetylenes is 1. The number of hydrogen-bond acceptors (Lipinski definition) is 2. The van der Waals surface area contributed by atoms with Gasteiger partial charge in [-0.3, -0.25) is 4.79 Å². The molecule has 1 rings (SSSR count). The Labute approximate surface area is 125 Å². The number of rotatable bonds is 4. The van der Waals surface area contributed by atoms with Crippen LogP contribution in [0.15, 0.2) is 24.3 Å². The zero-order chi connectivity index (χ0) is 16.0. The molecule has 0 saturated carbocycles. The number of benzene rings is 1. The number of nitrogens with zero attached hydrogens (tertiary/aromatic N) is 1. The van der Waals surface area contributed by atoms with Gasteiger partial charge in [-0.25, -0.2) is 4.79 Å². The number of amides is 2. The van der Waals surface area contributed by atoms with Crippen LogP contribution in [0.5, 0.6) is 0 Å². The highest BCUT2D eigenvalue weighted by Crippen LogP contribution is 2.29. The highest BCUT2D eigenvalue weighted by atomic mass is 16.4. The summed E-state index contributed by atoms with van der Waals surface area (Å²) in [5.74, 6) is 1.18. The molecular formula is C16H20N2O3. The van der Waals surface area contributed by atoms with Crippen LogP contribution in [0.3, 0.4) is 0 Å². The molecule has 0 bridgehead atoms. The Bertz CT molecular complexity index is 568. The van der Waals surface area contributed by atoms with Crippen LogP contribution in [-0.2, 0) is 10.2 Å². The molecule has 0 fully saturated rings. The molecule has 0 heterocycles. The second-order valence-corrected chi connectivity index (χ2v) is 5.68. The Hall–Kier alpha value is -2.48. The molecule has 0 aliphatic heterocycles. The van der Waals surface area contributed by atoms with E-state index in [0.29, 0.717) is 5.69 Å². The SMILES string of the molecule is C#CCN(CC(=O)O)C(=O)Nc1ccccc1C(C)(C)C. The van der Waals surface area contributed by atoms with Crippen molar-refractivity contribution < 1.29 is 14.7 Å².